The first-order chi connectivity index (χ1) is 9.13. The van der Waals surface area contributed by atoms with E-state index in [1.165, 1.54) is 24.3 Å². The second-order valence-corrected chi connectivity index (χ2v) is 5.88. The van der Waals surface area contributed by atoms with Gasteiger partial charge in [-0.05, 0) is 29.0 Å². The number of hydrogen-bond acceptors (Lipinski definition) is 2. The fraction of sp³-hybridized carbons (Fsp3) is 0.0833. The van der Waals surface area contributed by atoms with Crippen molar-refractivity contribution in [3.63, 3.8) is 0 Å². The lowest BCUT2D eigenvalue weighted by molar-refractivity contribution is 0.0566. The molecule has 8 heteroatoms. The van der Waals surface area contributed by atoms with Crippen molar-refractivity contribution in [3.8, 4) is 0 Å². The highest BCUT2D eigenvalue weighted by molar-refractivity contribution is 7.52. The van der Waals surface area contributed by atoms with Crippen LogP contribution in [0.3, 0.4) is 0 Å². The molecule has 0 aromatic heterocycles. The van der Waals surface area contributed by atoms with Crippen molar-refractivity contribution in [1.29, 1.82) is 0 Å². The summed E-state index contributed by atoms with van der Waals surface area (Å²) in [5.41, 5.74) is 0.0986. The van der Waals surface area contributed by atoms with Crippen molar-refractivity contribution >= 4 is 24.3 Å². The van der Waals surface area contributed by atoms with Gasteiger partial charge in [0, 0.05) is 11.1 Å². The molecule has 2 rings (SSSR count). The third-order valence-electron chi connectivity index (χ3n) is 2.84. The van der Waals surface area contributed by atoms with Gasteiger partial charge in [0.05, 0.1) is 0 Å². The number of halogens is 2. The largest absolute Gasteiger partial charge is 0.399 e. The molecule has 0 bridgehead atoms. The van der Waals surface area contributed by atoms with Gasteiger partial charge in [-0.15, -0.1) is 0 Å². The number of carbonyl (C=O) groups is 1. The highest BCUT2D eigenvalue weighted by atomic mass is 31.2. The summed E-state index contributed by atoms with van der Waals surface area (Å²) < 4.78 is 38.0. The minimum atomic E-state index is -5.62. The van der Waals surface area contributed by atoms with Crippen molar-refractivity contribution < 1.29 is 27.9 Å². The van der Waals surface area contributed by atoms with E-state index in [9.17, 15) is 18.1 Å². The fourth-order valence-corrected chi connectivity index (χ4v) is 2.23. The topological polar surface area (TPSA) is 101 Å². The zero-order valence-electron chi connectivity index (χ0n) is 9.96. The normalized spacial score (nSPS) is 12.6. The van der Waals surface area contributed by atoms with Crippen molar-refractivity contribution in [2.45, 2.75) is 5.66 Å². The Bertz CT molecular complexity index is 741. The van der Waals surface area contributed by atoms with E-state index in [0.29, 0.717) is 5.39 Å². The molecule has 5 nitrogen and oxygen atoms in total. The number of benzene rings is 2. The lowest BCUT2D eigenvalue weighted by Crippen LogP contribution is -2.13. The van der Waals surface area contributed by atoms with E-state index in [0.717, 1.165) is 12.1 Å². The molecule has 0 aliphatic carbocycles. The molecule has 2 aromatic carbocycles. The molecule has 0 aliphatic heterocycles. The van der Waals surface area contributed by atoms with Crippen LogP contribution < -0.4 is 5.73 Å². The first kappa shape index (κ1) is 14.6. The Kier molecular flexibility index (Phi) is 3.37. The molecule has 20 heavy (non-hydrogen) atoms. The summed E-state index contributed by atoms with van der Waals surface area (Å²) in [5, 5.41) is 0.784. The van der Waals surface area contributed by atoms with E-state index in [1.807, 2.05) is 0 Å². The number of hydrogen-bond donors (Lipinski definition) is 3. The van der Waals surface area contributed by atoms with E-state index >= 15 is 0 Å². The summed E-state index contributed by atoms with van der Waals surface area (Å²) >= 11 is 0. The maximum Gasteiger partial charge on any atom is 0.399 e. The molecule has 0 fully saturated rings. The third kappa shape index (κ3) is 2.43. The van der Waals surface area contributed by atoms with E-state index in [4.69, 9.17) is 15.5 Å². The lowest BCUT2D eigenvalue weighted by atomic mass is 10.0. The Morgan fingerprint density at radius 2 is 1.70 bits per heavy atom. The predicted molar refractivity (Wildman–Crippen MR) is 68.4 cm³/mol. The summed E-state index contributed by atoms with van der Waals surface area (Å²) in [5.74, 6) is -0.723. The number of fused-ring (bicyclic) bond motifs is 1. The average molecular weight is 301 g/mol. The Hall–Kier alpha value is -1.82. The summed E-state index contributed by atoms with van der Waals surface area (Å²) in [6, 6.07) is 7.39. The van der Waals surface area contributed by atoms with Crippen LogP contribution in [-0.4, -0.2) is 15.7 Å². The number of alkyl halides is 2. The van der Waals surface area contributed by atoms with E-state index in [1.54, 1.807) is 0 Å². The number of carbonyl (C=O) groups excluding carboxylic acids is 1. The summed E-state index contributed by atoms with van der Waals surface area (Å²) in [6.45, 7) is 0. The molecule has 0 heterocycles. The molecule has 0 saturated heterocycles. The van der Waals surface area contributed by atoms with Gasteiger partial charge in [0.1, 0.15) is 0 Å². The van der Waals surface area contributed by atoms with Crippen LogP contribution in [0.1, 0.15) is 15.9 Å². The standard InChI is InChI=1S/C12H10F2NO4P/c13-12(14,20(17,18)19)10-4-3-7-1-2-8(11(15)16)5-9(7)6-10/h1-6H,(H2,15,16)(H2,17,18,19). The Balaban J connectivity index is 2.64. The first-order valence-electron chi connectivity index (χ1n) is 5.40. The molecule has 2 aromatic rings. The molecule has 0 aliphatic rings. The van der Waals surface area contributed by atoms with Gasteiger partial charge >= 0.3 is 13.3 Å². The number of nitrogens with two attached hydrogens (primary N) is 1. The van der Waals surface area contributed by atoms with Gasteiger partial charge in [-0.2, -0.15) is 8.78 Å². The molecule has 4 N–H and O–H groups in total. The van der Waals surface area contributed by atoms with Crippen molar-refractivity contribution in [1.82, 2.24) is 0 Å². The van der Waals surface area contributed by atoms with Gasteiger partial charge < -0.3 is 15.5 Å². The summed E-state index contributed by atoms with van der Waals surface area (Å²) in [4.78, 5) is 28.4. The minimum Gasteiger partial charge on any atom is -0.366 e. The van der Waals surface area contributed by atoms with E-state index in [-0.39, 0.29) is 10.9 Å². The van der Waals surface area contributed by atoms with Crippen LogP contribution >= 0.6 is 7.60 Å². The van der Waals surface area contributed by atoms with Crippen molar-refractivity contribution in [2.75, 3.05) is 0 Å². The highest BCUT2D eigenvalue weighted by Crippen LogP contribution is 2.59. The van der Waals surface area contributed by atoms with Crippen LogP contribution in [0, 0.1) is 0 Å². The maximum absolute atomic E-state index is 13.6. The predicted octanol–water partition coefficient (Wildman–Crippen LogP) is 2.17. The third-order valence-corrected chi connectivity index (χ3v) is 3.83. The van der Waals surface area contributed by atoms with Gasteiger partial charge in [0.25, 0.3) is 0 Å². The number of primary amides is 1. The van der Waals surface area contributed by atoms with Crippen molar-refractivity contribution in [3.05, 3.63) is 47.5 Å². The monoisotopic (exact) mass is 301 g/mol. The van der Waals surface area contributed by atoms with Crippen LogP contribution in [0.25, 0.3) is 10.8 Å². The van der Waals surface area contributed by atoms with Gasteiger partial charge in [-0.1, -0.05) is 18.2 Å². The Morgan fingerprint density at radius 3 is 2.25 bits per heavy atom. The molecule has 0 unspecified atom stereocenters. The summed E-state index contributed by atoms with van der Waals surface area (Å²) in [7, 11) is -5.62. The lowest BCUT2D eigenvalue weighted by Gasteiger charge is -2.18. The first-order valence-corrected chi connectivity index (χ1v) is 7.02. The van der Waals surface area contributed by atoms with Crippen LogP contribution in [0.15, 0.2) is 36.4 Å². The van der Waals surface area contributed by atoms with Gasteiger partial charge in [0.15, 0.2) is 0 Å². The fourth-order valence-electron chi connectivity index (χ4n) is 1.76. The molecule has 0 atom stereocenters. The van der Waals surface area contributed by atoms with Gasteiger partial charge in [-0.25, -0.2) is 0 Å². The van der Waals surface area contributed by atoms with Gasteiger partial charge in [-0.3, -0.25) is 9.36 Å². The van der Waals surface area contributed by atoms with Crippen LogP contribution in [0.2, 0.25) is 0 Å². The van der Waals surface area contributed by atoms with E-state index < -0.39 is 24.7 Å². The van der Waals surface area contributed by atoms with Crippen LogP contribution in [0.4, 0.5) is 8.78 Å². The minimum absolute atomic E-state index is 0.120. The van der Waals surface area contributed by atoms with Crippen LogP contribution in [0.5, 0.6) is 0 Å². The molecular formula is C12H10F2NO4P. The number of rotatable bonds is 3. The average Bonchev–Trinajstić information content (AvgIpc) is 2.35. The quantitative estimate of drug-likeness (QED) is 0.756. The Labute approximate surface area is 112 Å². The zero-order chi connectivity index (χ0) is 15.1. The molecular weight excluding hydrogens is 291 g/mol. The SMILES string of the molecule is NC(=O)c1ccc2ccc(C(F)(F)P(=O)(O)O)cc2c1. The van der Waals surface area contributed by atoms with Crippen molar-refractivity contribution in [2.24, 2.45) is 5.73 Å². The smallest absolute Gasteiger partial charge is 0.366 e. The van der Waals surface area contributed by atoms with E-state index in [2.05, 4.69) is 0 Å². The second kappa shape index (κ2) is 4.63. The highest BCUT2D eigenvalue weighted by Gasteiger charge is 2.50. The summed E-state index contributed by atoms with van der Waals surface area (Å²) in [6.07, 6.45) is 0. The maximum atomic E-state index is 13.6. The Morgan fingerprint density at radius 1 is 1.10 bits per heavy atom. The van der Waals surface area contributed by atoms with Crippen LogP contribution in [-0.2, 0) is 10.2 Å². The molecule has 106 valence electrons. The molecule has 0 radical (unpaired) electrons. The molecule has 1 amide bonds. The second-order valence-electron chi connectivity index (χ2n) is 4.23. The molecule has 0 spiro atoms. The number of amides is 1. The van der Waals surface area contributed by atoms with Gasteiger partial charge in [0.2, 0.25) is 5.91 Å². The molecule has 0 saturated carbocycles. The zero-order valence-corrected chi connectivity index (χ0v) is 10.8.